The molecule has 1 aliphatic heterocycles. The number of aromatic nitrogens is 2. The van der Waals surface area contributed by atoms with Crippen molar-refractivity contribution < 1.29 is 14.3 Å². The van der Waals surface area contributed by atoms with E-state index in [1.54, 1.807) is 6.20 Å². The van der Waals surface area contributed by atoms with Crippen molar-refractivity contribution in [2.24, 2.45) is 0 Å². The molecule has 0 radical (unpaired) electrons. The third-order valence-corrected chi connectivity index (χ3v) is 7.72. The maximum atomic E-state index is 13.8. The van der Waals surface area contributed by atoms with Crippen LogP contribution in [0.2, 0.25) is 0 Å². The zero-order valence-corrected chi connectivity index (χ0v) is 22.5. The zero-order valence-electron chi connectivity index (χ0n) is 22.5. The van der Waals surface area contributed by atoms with Crippen molar-refractivity contribution in [2.45, 2.75) is 76.9 Å². The summed E-state index contributed by atoms with van der Waals surface area (Å²) in [4.78, 5) is 25.3. The van der Waals surface area contributed by atoms with Crippen molar-refractivity contribution in [2.75, 3.05) is 12.4 Å². The van der Waals surface area contributed by atoms with Crippen LogP contribution in [-0.4, -0.2) is 28.8 Å². The van der Waals surface area contributed by atoms with Crippen molar-refractivity contribution in [3.63, 3.8) is 0 Å². The molecule has 2 heterocycles. The van der Waals surface area contributed by atoms with Crippen LogP contribution in [-0.2, 0) is 27.0 Å². The number of hydrogen-bond donors (Lipinski definition) is 2. The van der Waals surface area contributed by atoms with E-state index >= 15 is 0 Å². The zero-order chi connectivity index (χ0) is 26.6. The molecule has 7 nitrogen and oxygen atoms in total. The lowest BCUT2D eigenvalue weighted by molar-refractivity contribution is -0.140. The van der Waals surface area contributed by atoms with Crippen LogP contribution in [0.4, 0.5) is 5.82 Å². The Bertz CT molecular complexity index is 1230. The lowest BCUT2D eigenvalue weighted by Crippen LogP contribution is -2.45. The van der Waals surface area contributed by atoms with Crippen molar-refractivity contribution in [3.8, 4) is 0 Å². The molecule has 7 heteroatoms. The highest BCUT2D eigenvalue weighted by molar-refractivity contribution is 5.99. The molecule has 4 rings (SSSR count). The number of fused-ring (bicyclic) bond motifs is 1. The molecule has 0 aliphatic carbocycles. The van der Waals surface area contributed by atoms with Crippen molar-refractivity contribution >= 4 is 17.7 Å². The predicted octanol–water partition coefficient (Wildman–Crippen LogP) is 5.73. The van der Waals surface area contributed by atoms with Crippen molar-refractivity contribution in [1.29, 1.82) is 0 Å². The number of rotatable bonds is 9. The number of carbonyl (C=O) groups is 2. The second kappa shape index (κ2) is 10.8. The lowest BCUT2D eigenvalue weighted by Gasteiger charge is -2.38. The Morgan fingerprint density at radius 2 is 1.78 bits per heavy atom. The smallest absolute Gasteiger partial charge is 0.305 e. The first-order chi connectivity index (χ1) is 17.7. The number of benzene rings is 2. The second-order valence-corrected chi connectivity index (χ2v) is 10.5. The molecule has 0 saturated heterocycles. The first-order valence-electron chi connectivity index (χ1n) is 13.1. The summed E-state index contributed by atoms with van der Waals surface area (Å²) in [7, 11) is 1.40. The average molecular weight is 503 g/mol. The van der Waals surface area contributed by atoms with Gasteiger partial charge in [0, 0.05) is 6.42 Å². The van der Waals surface area contributed by atoms with Crippen LogP contribution in [0.5, 0.6) is 0 Å². The molecule has 1 amide bonds. The van der Waals surface area contributed by atoms with Crippen LogP contribution in [0.3, 0.4) is 0 Å². The Balaban J connectivity index is 1.58. The fourth-order valence-electron chi connectivity index (χ4n) is 5.33. The minimum atomic E-state index is -0.518. The molecule has 2 N–H and O–H groups in total. The monoisotopic (exact) mass is 502 g/mol. The Kier molecular flexibility index (Phi) is 7.71. The SMILES string of the molecule is CCC(CC)(NC(=O)c1cnn2c1NC(c1ccccc1)CC2(C)C)c1ccc(CCC(=O)OC)cc1. The summed E-state index contributed by atoms with van der Waals surface area (Å²) in [5.41, 5.74) is 3.09. The molecule has 37 heavy (non-hydrogen) atoms. The fraction of sp³-hybridized carbons (Fsp3) is 0.433. The molecule has 196 valence electrons. The van der Waals surface area contributed by atoms with Gasteiger partial charge in [0.1, 0.15) is 11.4 Å². The molecule has 1 aromatic heterocycles. The van der Waals surface area contributed by atoms with Crippen LogP contribution in [0, 0.1) is 0 Å². The van der Waals surface area contributed by atoms with Crippen LogP contribution < -0.4 is 10.6 Å². The van der Waals surface area contributed by atoms with Crippen LogP contribution in [0.25, 0.3) is 0 Å². The minimum Gasteiger partial charge on any atom is -0.469 e. The van der Waals surface area contributed by atoms with E-state index in [-0.39, 0.29) is 23.5 Å². The first-order valence-corrected chi connectivity index (χ1v) is 13.1. The molecule has 1 unspecified atom stereocenters. The van der Waals surface area contributed by atoms with E-state index in [4.69, 9.17) is 4.74 Å². The maximum Gasteiger partial charge on any atom is 0.305 e. The summed E-state index contributed by atoms with van der Waals surface area (Å²) in [6, 6.07) is 18.6. The van der Waals surface area contributed by atoms with Gasteiger partial charge in [-0.1, -0.05) is 68.4 Å². The molecular formula is C30H38N4O3. The topological polar surface area (TPSA) is 85.3 Å². The molecule has 0 bridgehead atoms. The van der Waals surface area contributed by atoms with Gasteiger partial charge in [-0.25, -0.2) is 4.68 Å². The average Bonchev–Trinajstić information content (AvgIpc) is 3.36. The highest BCUT2D eigenvalue weighted by Gasteiger charge is 2.38. The summed E-state index contributed by atoms with van der Waals surface area (Å²) >= 11 is 0. The summed E-state index contributed by atoms with van der Waals surface area (Å²) in [5, 5.41) is 11.6. The quantitative estimate of drug-likeness (QED) is 0.365. The second-order valence-electron chi connectivity index (χ2n) is 10.5. The van der Waals surface area contributed by atoms with Crippen LogP contribution in [0.15, 0.2) is 60.8 Å². The Hall–Kier alpha value is -3.61. The van der Waals surface area contributed by atoms with Crippen molar-refractivity contribution in [3.05, 3.63) is 83.0 Å². The normalized spacial score (nSPS) is 16.4. The number of nitrogens with zero attached hydrogens (tertiary/aromatic N) is 2. The number of methoxy groups -OCH3 is 1. The fourth-order valence-corrected chi connectivity index (χ4v) is 5.33. The van der Waals surface area contributed by atoms with Gasteiger partial charge in [-0.2, -0.15) is 5.10 Å². The van der Waals surface area contributed by atoms with E-state index in [0.717, 1.165) is 36.2 Å². The van der Waals surface area contributed by atoms with Gasteiger partial charge in [0.25, 0.3) is 5.91 Å². The van der Waals surface area contributed by atoms with Gasteiger partial charge in [0.2, 0.25) is 0 Å². The van der Waals surface area contributed by atoms with E-state index in [0.29, 0.717) is 18.4 Å². The molecule has 3 aromatic rings. The van der Waals surface area contributed by atoms with E-state index < -0.39 is 5.54 Å². The highest BCUT2D eigenvalue weighted by atomic mass is 16.5. The van der Waals surface area contributed by atoms with E-state index in [1.807, 2.05) is 35.0 Å². The Labute approximate surface area is 219 Å². The number of anilines is 1. The highest BCUT2D eigenvalue weighted by Crippen LogP contribution is 2.40. The third-order valence-electron chi connectivity index (χ3n) is 7.72. The summed E-state index contributed by atoms with van der Waals surface area (Å²) < 4.78 is 6.69. The van der Waals surface area contributed by atoms with Gasteiger partial charge < -0.3 is 15.4 Å². The van der Waals surface area contributed by atoms with Gasteiger partial charge in [-0.05, 0) is 56.2 Å². The molecule has 2 aromatic carbocycles. The van der Waals surface area contributed by atoms with Gasteiger partial charge in [-0.3, -0.25) is 9.59 Å². The summed E-state index contributed by atoms with van der Waals surface area (Å²) in [6.45, 7) is 8.50. The van der Waals surface area contributed by atoms with E-state index in [9.17, 15) is 9.59 Å². The van der Waals surface area contributed by atoms with Crippen LogP contribution >= 0.6 is 0 Å². The first kappa shape index (κ1) is 26.5. The number of esters is 1. The lowest BCUT2D eigenvalue weighted by atomic mass is 9.83. The van der Waals surface area contributed by atoms with E-state index in [2.05, 4.69) is 67.7 Å². The molecule has 0 saturated carbocycles. The van der Waals surface area contributed by atoms with Gasteiger partial charge in [0.15, 0.2) is 0 Å². The summed E-state index contributed by atoms with van der Waals surface area (Å²) in [6.07, 6.45) is 5.00. The van der Waals surface area contributed by atoms with Crippen LogP contribution in [0.1, 0.15) is 86.5 Å². The molecule has 1 atom stereocenters. The Morgan fingerprint density at radius 1 is 1.11 bits per heavy atom. The minimum absolute atomic E-state index is 0.0894. The van der Waals surface area contributed by atoms with Crippen molar-refractivity contribution in [1.82, 2.24) is 15.1 Å². The van der Waals surface area contributed by atoms with Gasteiger partial charge in [-0.15, -0.1) is 0 Å². The number of hydrogen-bond acceptors (Lipinski definition) is 5. The Morgan fingerprint density at radius 3 is 2.41 bits per heavy atom. The third kappa shape index (κ3) is 5.41. The molecular weight excluding hydrogens is 464 g/mol. The number of aryl methyl sites for hydroxylation is 1. The number of carbonyl (C=O) groups excluding carboxylic acids is 2. The number of ether oxygens (including phenoxy) is 1. The molecule has 0 fully saturated rings. The summed E-state index contributed by atoms with van der Waals surface area (Å²) in [5.74, 6) is 0.391. The number of amides is 1. The largest absolute Gasteiger partial charge is 0.469 e. The standard InChI is InChI=1S/C30H38N4O3/c1-6-30(7-2,23-16-13-21(14-17-23)15-18-26(35)37-5)33-28(36)24-20-31-34-27(24)32-25(19-29(34,3)4)22-11-9-8-10-12-22/h8-14,16-17,20,25,32H,6-7,15,18-19H2,1-5H3,(H,33,36). The molecule has 1 aliphatic rings. The maximum absolute atomic E-state index is 13.8. The number of nitrogens with one attached hydrogen (secondary N) is 2. The van der Waals surface area contributed by atoms with Gasteiger partial charge >= 0.3 is 5.97 Å². The molecule has 0 spiro atoms. The predicted molar refractivity (Wildman–Crippen MR) is 145 cm³/mol. The van der Waals surface area contributed by atoms with E-state index in [1.165, 1.54) is 12.7 Å². The van der Waals surface area contributed by atoms with Gasteiger partial charge in [0.05, 0.1) is 30.4 Å².